The van der Waals surface area contributed by atoms with E-state index in [1.807, 2.05) is 0 Å². The predicted molar refractivity (Wildman–Crippen MR) is 27.3 cm³/mol. The summed E-state index contributed by atoms with van der Waals surface area (Å²) in [5, 5.41) is 0. The lowest BCUT2D eigenvalue weighted by molar-refractivity contribution is 0.988. The van der Waals surface area contributed by atoms with Crippen LogP contribution in [0, 0.1) is 5.92 Å². The van der Waals surface area contributed by atoms with E-state index in [1.54, 1.807) is 0 Å². The van der Waals surface area contributed by atoms with Crippen LogP contribution in [0.3, 0.4) is 0 Å². The van der Waals surface area contributed by atoms with Crippen LogP contribution in [0.4, 0.5) is 0 Å². The summed E-state index contributed by atoms with van der Waals surface area (Å²) in [7, 11) is 2.81. The molecule has 0 aromatic carbocycles. The van der Waals surface area contributed by atoms with E-state index in [0.717, 1.165) is 11.6 Å². The molecule has 0 amide bonds. The van der Waals surface area contributed by atoms with E-state index in [2.05, 4.69) is 16.2 Å². The van der Waals surface area contributed by atoms with E-state index in [0.29, 0.717) is 0 Å². The molecular weight excluding hydrogens is 79.0 g/mol. The summed E-state index contributed by atoms with van der Waals surface area (Å²) in [6, 6.07) is 0. The quantitative estimate of drug-likeness (QED) is 0.391. The van der Waals surface area contributed by atoms with Crippen LogP contribution < -0.4 is 0 Å². The standard InChI is InChI=1S/C4H9P/c1-3-2-4(3)5/h3-4H,2,5H2,1H3/t3-,4-/m1/s1. The first-order valence-corrected chi connectivity index (χ1v) is 2.73. The Balaban J connectivity index is 2.20. The van der Waals surface area contributed by atoms with E-state index in [-0.39, 0.29) is 0 Å². The van der Waals surface area contributed by atoms with Gasteiger partial charge in [-0.25, -0.2) is 0 Å². The molecule has 5 heavy (non-hydrogen) atoms. The number of hydrogen-bond donors (Lipinski definition) is 0. The molecule has 1 aliphatic carbocycles. The second kappa shape index (κ2) is 0.944. The van der Waals surface area contributed by atoms with Crippen LogP contribution in [-0.2, 0) is 0 Å². The zero-order chi connectivity index (χ0) is 3.86. The minimum atomic E-state index is 0.968. The molecule has 1 heteroatoms. The maximum atomic E-state index is 2.81. The average Bonchev–Trinajstić information content (AvgIpc) is 1.79. The first-order valence-electron chi connectivity index (χ1n) is 2.06. The van der Waals surface area contributed by atoms with Crippen LogP contribution in [0.2, 0.25) is 0 Å². The van der Waals surface area contributed by atoms with Gasteiger partial charge in [0.25, 0.3) is 0 Å². The summed E-state index contributed by atoms with van der Waals surface area (Å²) in [5.41, 5.74) is 0.968. The average molecular weight is 88.1 g/mol. The van der Waals surface area contributed by atoms with Gasteiger partial charge < -0.3 is 0 Å². The predicted octanol–water partition coefficient (Wildman–Crippen LogP) is 1.27. The molecule has 1 fully saturated rings. The number of rotatable bonds is 0. The summed E-state index contributed by atoms with van der Waals surface area (Å²) in [4.78, 5) is 0. The largest absolute Gasteiger partial charge is 0.134 e. The van der Waals surface area contributed by atoms with Crippen molar-refractivity contribution in [2.45, 2.75) is 19.0 Å². The van der Waals surface area contributed by atoms with Gasteiger partial charge in [-0.2, -0.15) is 0 Å². The topological polar surface area (TPSA) is 0 Å². The Kier molecular flexibility index (Phi) is 0.682. The monoisotopic (exact) mass is 88.0 g/mol. The van der Waals surface area contributed by atoms with Crippen LogP contribution in [0.1, 0.15) is 13.3 Å². The van der Waals surface area contributed by atoms with Crippen molar-refractivity contribution in [3.63, 3.8) is 0 Å². The van der Waals surface area contributed by atoms with Gasteiger partial charge in [0.2, 0.25) is 0 Å². The molecule has 0 radical (unpaired) electrons. The highest BCUT2D eigenvalue weighted by Gasteiger charge is 2.26. The molecule has 0 spiro atoms. The van der Waals surface area contributed by atoms with Crippen molar-refractivity contribution in [1.82, 2.24) is 0 Å². The zero-order valence-electron chi connectivity index (χ0n) is 3.44. The van der Waals surface area contributed by atoms with E-state index in [4.69, 9.17) is 0 Å². The number of hydrogen-bond acceptors (Lipinski definition) is 0. The second-order valence-corrected chi connectivity index (χ2v) is 2.73. The highest BCUT2D eigenvalue weighted by atomic mass is 31.0. The SMILES string of the molecule is C[C@@H]1C[C@H]1P. The Morgan fingerprint density at radius 1 is 1.80 bits per heavy atom. The molecule has 1 saturated carbocycles. The Labute approximate surface area is 35.2 Å². The molecule has 0 aromatic heterocycles. The Morgan fingerprint density at radius 2 is 2.00 bits per heavy atom. The maximum Gasteiger partial charge on any atom is -0.0236 e. The maximum absolute atomic E-state index is 2.81. The molecule has 3 atom stereocenters. The van der Waals surface area contributed by atoms with Crippen molar-refractivity contribution in [2.24, 2.45) is 5.92 Å². The van der Waals surface area contributed by atoms with Crippen molar-refractivity contribution >= 4 is 9.24 Å². The van der Waals surface area contributed by atoms with Crippen molar-refractivity contribution < 1.29 is 0 Å². The molecule has 0 N–H and O–H groups in total. The van der Waals surface area contributed by atoms with Gasteiger partial charge in [0.15, 0.2) is 0 Å². The van der Waals surface area contributed by atoms with Gasteiger partial charge >= 0.3 is 0 Å². The molecule has 0 aromatic rings. The van der Waals surface area contributed by atoms with E-state index >= 15 is 0 Å². The Bertz CT molecular complexity index is 36.9. The van der Waals surface area contributed by atoms with E-state index < -0.39 is 0 Å². The smallest absolute Gasteiger partial charge is 0.0236 e. The highest BCUT2D eigenvalue weighted by molar-refractivity contribution is 7.18. The lowest BCUT2D eigenvalue weighted by atomic mass is 10.5. The van der Waals surface area contributed by atoms with Crippen molar-refractivity contribution in [1.29, 1.82) is 0 Å². The van der Waals surface area contributed by atoms with Gasteiger partial charge in [-0.3, -0.25) is 0 Å². The molecule has 0 bridgehead atoms. The van der Waals surface area contributed by atoms with Crippen molar-refractivity contribution in [3.8, 4) is 0 Å². The second-order valence-electron chi connectivity index (χ2n) is 1.88. The molecule has 30 valence electrons. The molecule has 0 nitrogen and oxygen atoms in total. The molecule has 1 aliphatic rings. The summed E-state index contributed by atoms with van der Waals surface area (Å²) in [6.45, 7) is 2.28. The zero-order valence-corrected chi connectivity index (χ0v) is 4.59. The van der Waals surface area contributed by atoms with Crippen LogP contribution in [0.15, 0.2) is 0 Å². The summed E-state index contributed by atoms with van der Waals surface area (Å²) in [6.07, 6.45) is 1.44. The summed E-state index contributed by atoms with van der Waals surface area (Å²) >= 11 is 0. The molecule has 0 saturated heterocycles. The van der Waals surface area contributed by atoms with Crippen LogP contribution >= 0.6 is 9.24 Å². The first-order chi connectivity index (χ1) is 2.30. The van der Waals surface area contributed by atoms with Gasteiger partial charge in [0, 0.05) is 0 Å². The highest BCUT2D eigenvalue weighted by Crippen LogP contribution is 2.36. The van der Waals surface area contributed by atoms with Gasteiger partial charge in [-0.15, -0.1) is 9.24 Å². The third kappa shape index (κ3) is 0.633. The molecule has 1 unspecified atom stereocenters. The van der Waals surface area contributed by atoms with Crippen molar-refractivity contribution in [3.05, 3.63) is 0 Å². The minimum Gasteiger partial charge on any atom is -0.134 e. The van der Waals surface area contributed by atoms with Gasteiger partial charge in [0.1, 0.15) is 0 Å². The lowest BCUT2D eigenvalue weighted by Crippen LogP contribution is -1.59. The first kappa shape index (κ1) is 3.61. The Hall–Kier alpha value is 0.430. The summed E-state index contributed by atoms with van der Waals surface area (Å²) in [5.74, 6) is 1.01. The molecular formula is C4H9P. The van der Waals surface area contributed by atoms with Gasteiger partial charge in [-0.1, -0.05) is 6.92 Å². The normalized spacial score (nSPS) is 49.2. The molecule has 0 heterocycles. The molecule has 1 rings (SSSR count). The molecule has 0 aliphatic heterocycles. The van der Waals surface area contributed by atoms with Crippen LogP contribution in [0.5, 0.6) is 0 Å². The summed E-state index contributed by atoms with van der Waals surface area (Å²) < 4.78 is 0. The van der Waals surface area contributed by atoms with E-state index in [9.17, 15) is 0 Å². The van der Waals surface area contributed by atoms with Crippen LogP contribution in [0.25, 0.3) is 0 Å². The third-order valence-electron chi connectivity index (χ3n) is 1.17. The third-order valence-corrected chi connectivity index (χ3v) is 2.10. The van der Waals surface area contributed by atoms with Gasteiger partial charge in [-0.05, 0) is 18.0 Å². The van der Waals surface area contributed by atoms with Crippen LogP contribution in [-0.4, -0.2) is 5.66 Å². The van der Waals surface area contributed by atoms with Crippen molar-refractivity contribution in [2.75, 3.05) is 0 Å². The fourth-order valence-corrected chi connectivity index (χ4v) is 0.780. The van der Waals surface area contributed by atoms with Gasteiger partial charge in [0.05, 0.1) is 0 Å². The minimum absolute atomic E-state index is 0.968. The van der Waals surface area contributed by atoms with E-state index in [1.165, 1.54) is 6.42 Å². The fourth-order valence-electron chi connectivity index (χ4n) is 0.351. The fraction of sp³-hybridized carbons (Fsp3) is 1.00. The Morgan fingerprint density at radius 3 is 2.00 bits per heavy atom. The lowest BCUT2D eigenvalue weighted by Gasteiger charge is -1.67.